The van der Waals surface area contributed by atoms with Crippen LogP contribution in [0.15, 0.2) is 11.4 Å². The molecule has 0 saturated carbocycles. The van der Waals surface area contributed by atoms with Gasteiger partial charge >= 0.3 is 0 Å². The summed E-state index contributed by atoms with van der Waals surface area (Å²) < 4.78 is 2.19. The van der Waals surface area contributed by atoms with Gasteiger partial charge in [-0.3, -0.25) is 0 Å². The zero-order valence-electron chi connectivity index (χ0n) is 5.58. The van der Waals surface area contributed by atoms with Crippen LogP contribution in [0.4, 0.5) is 0 Å². The molecule has 2 N–H and O–H groups in total. The Labute approximate surface area is 63.6 Å². The molecule has 54 valence electrons. The van der Waals surface area contributed by atoms with Crippen molar-refractivity contribution in [1.82, 2.24) is 9.55 Å². The van der Waals surface area contributed by atoms with Crippen molar-refractivity contribution in [2.75, 3.05) is 5.75 Å². The maximum Gasteiger partial charge on any atom is 0.168 e. The van der Waals surface area contributed by atoms with E-state index < -0.39 is 0 Å². The first-order valence-electron chi connectivity index (χ1n) is 3.29. The topological polar surface area (TPSA) is 43.8 Å². The molecule has 10 heavy (non-hydrogen) atoms. The molecule has 2 rings (SSSR count). The van der Waals surface area contributed by atoms with Crippen molar-refractivity contribution >= 4 is 11.8 Å². The number of thioether (sulfide) groups is 1. The highest BCUT2D eigenvalue weighted by atomic mass is 32.2. The minimum absolute atomic E-state index is 0.605. The fourth-order valence-corrected chi connectivity index (χ4v) is 2.09. The summed E-state index contributed by atoms with van der Waals surface area (Å²) in [6, 6.07) is 0. The molecule has 1 aromatic rings. The van der Waals surface area contributed by atoms with Crippen molar-refractivity contribution < 1.29 is 0 Å². The SMILES string of the molecule is NCc1cnc2n1CCS2. The van der Waals surface area contributed by atoms with Crippen molar-refractivity contribution in [3.63, 3.8) is 0 Å². The van der Waals surface area contributed by atoms with E-state index in [0.717, 1.165) is 23.1 Å². The number of fused-ring (bicyclic) bond motifs is 1. The van der Waals surface area contributed by atoms with E-state index in [1.165, 1.54) is 0 Å². The molecule has 0 aromatic carbocycles. The van der Waals surface area contributed by atoms with Crippen LogP contribution in [-0.4, -0.2) is 15.3 Å². The Balaban J connectivity index is 2.44. The molecule has 0 bridgehead atoms. The van der Waals surface area contributed by atoms with Gasteiger partial charge in [-0.25, -0.2) is 4.98 Å². The van der Waals surface area contributed by atoms with E-state index in [2.05, 4.69) is 9.55 Å². The molecule has 0 fully saturated rings. The predicted octanol–water partition coefficient (Wildman–Crippen LogP) is 0.447. The van der Waals surface area contributed by atoms with Crippen LogP contribution < -0.4 is 5.73 Å². The molecule has 0 amide bonds. The van der Waals surface area contributed by atoms with Crippen LogP contribution in [-0.2, 0) is 13.1 Å². The summed E-state index contributed by atoms with van der Waals surface area (Å²) in [4.78, 5) is 4.21. The molecule has 3 nitrogen and oxygen atoms in total. The van der Waals surface area contributed by atoms with E-state index in [9.17, 15) is 0 Å². The molecular weight excluding hydrogens is 146 g/mol. The van der Waals surface area contributed by atoms with E-state index >= 15 is 0 Å². The highest BCUT2D eigenvalue weighted by molar-refractivity contribution is 7.99. The van der Waals surface area contributed by atoms with Gasteiger partial charge in [-0.15, -0.1) is 0 Å². The number of rotatable bonds is 1. The lowest BCUT2D eigenvalue weighted by atomic mass is 10.5. The summed E-state index contributed by atoms with van der Waals surface area (Å²) in [6.45, 7) is 1.68. The number of nitrogens with zero attached hydrogens (tertiary/aromatic N) is 2. The van der Waals surface area contributed by atoms with Gasteiger partial charge < -0.3 is 10.3 Å². The average Bonchev–Trinajstić information content (AvgIpc) is 2.44. The third-order valence-electron chi connectivity index (χ3n) is 1.66. The minimum atomic E-state index is 0.605. The zero-order chi connectivity index (χ0) is 6.97. The fourth-order valence-electron chi connectivity index (χ4n) is 1.14. The Bertz CT molecular complexity index is 243. The minimum Gasteiger partial charge on any atom is -0.325 e. The Hall–Kier alpha value is -0.480. The fraction of sp³-hybridized carbons (Fsp3) is 0.500. The smallest absolute Gasteiger partial charge is 0.168 e. The molecule has 0 saturated heterocycles. The second-order valence-electron chi connectivity index (χ2n) is 2.24. The highest BCUT2D eigenvalue weighted by Crippen LogP contribution is 2.24. The van der Waals surface area contributed by atoms with Crippen molar-refractivity contribution in [3.8, 4) is 0 Å². The van der Waals surface area contributed by atoms with Crippen LogP contribution in [0.1, 0.15) is 5.69 Å². The van der Waals surface area contributed by atoms with Crippen LogP contribution in [0, 0.1) is 0 Å². The summed E-state index contributed by atoms with van der Waals surface area (Å²) >= 11 is 1.80. The number of hydrogen-bond donors (Lipinski definition) is 1. The standard InChI is InChI=1S/C6H9N3S/c7-3-5-4-8-6-9(5)1-2-10-6/h4H,1-3,7H2. The molecule has 0 spiro atoms. The summed E-state index contributed by atoms with van der Waals surface area (Å²) in [6.07, 6.45) is 1.86. The number of hydrogen-bond acceptors (Lipinski definition) is 3. The summed E-state index contributed by atoms with van der Waals surface area (Å²) in [7, 11) is 0. The van der Waals surface area contributed by atoms with Crippen LogP contribution in [0.2, 0.25) is 0 Å². The van der Waals surface area contributed by atoms with Gasteiger partial charge in [0.05, 0.1) is 11.9 Å². The van der Waals surface area contributed by atoms with Gasteiger partial charge in [-0.1, -0.05) is 11.8 Å². The molecule has 0 atom stereocenters. The van der Waals surface area contributed by atoms with E-state index in [4.69, 9.17) is 5.73 Å². The molecule has 0 unspecified atom stereocenters. The second kappa shape index (κ2) is 2.29. The molecule has 1 aliphatic heterocycles. The van der Waals surface area contributed by atoms with Gasteiger partial charge in [0.25, 0.3) is 0 Å². The Kier molecular flexibility index (Phi) is 1.43. The lowest BCUT2D eigenvalue weighted by molar-refractivity contribution is 0.678. The molecule has 4 heteroatoms. The first-order chi connectivity index (χ1) is 4.92. The van der Waals surface area contributed by atoms with E-state index in [-0.39, 0.29) is 0 Å². The first-order valence-corrected chi connectivity index (χ1v) is 4.27. The van der Waals surface area contributed by atoms with E-state index in [1.54, 1.807) is 11.8 Å². The van der Waals surface area contributed by atoms with Gasteiger partial charge in [0.1, 0.15) is 0 Å². The van der Waals surface area contributed by atoms with Crippen molar-refractivity contribution in [2.24, 2.45) is 5.73 Å². The van der Waals surface area contributed by atoms with Crippen molar-refractivity contribution in [3.05, 3.63) is 11.9 Å². The summed E-state index contributed by atoms with van der Waals surface area (Å²) in [5.74, 6) is 1.15. The largest absolute Gasteiger partial charge is 0.325 e. The lowest BCUT2D eigenvalue weighted by Gasteiger charge is -1.98. The van der Waals surface area contributed by atoms with E-state index in [0.29, 0.717) is 6.54 Å². The van der Waals surface area contributed by atoms with Crippen molar-refractivity contribution in [2.45, 2.75) is 18.2 Å². The van der Waals surface area contributed by atoms with Crippen LogP contribution in [0.5, 0.6) is 0 Å². The maximum atomic E-state index is 5.50. The van der Waals surface area contributed by atoms with Gasteiger partial charge in [-0.05, 0) is 0 Å². The molecule has 0 radical (unpaired) electrons. The van der Waals surface area contributed by atoms with Gasteiger partial charge in [0.2, 0.25) is 0 Å². The van der Waals surface area contributed by atoms with Gasteiger partial charge in [0.15, 0.2) is 5.16 Å². The predicted molar refractivity (Wildman–Crippen MR) is 40.8 cm³/mol. The Morgan fingerprint density at radius 3 is 3.50 bits per heavy atom. The number of imidazole rings is 1. The van der Waals surface area contributed by atoms with Crippen LogP contribution in [0.25, 0.3) is 0 Å². The summed E-state index contributed by atoms with van der Waals surface area (Å²) in [5.41, 5.74) is 6.65. The molecule has 2 heterocycles. The number of aromatic nitrogens is 2. The molecule has 1 aromatic heterocycles. The monoisotopic (exact) mass is 155 g/mol. The third-order valence-corrected chi connectivity index (χ3v) is 2.63. The van der Waals surface area contributed by atoms with Crippen molar-refractivity contribution in [1.29, 1.82) is 0 Å². The zero-order valence-corrected chi connectivity index (χ0v) is 6.40. The quantitative estimate of drug-likeness (QED) is 0.640. The normalized spacial score (nSPS) is 15.7. The Morgan fingerprint density at radius 1 is 1.80 bits per heavy atom. The second-order valence-corrected chi connectivity index (χ2v) is 3.30. The van der Waals surface area contributed by atoms with Crippen LogP contribution >= 0.6 is 11.8 Å². The van der Waals surface area contributed by atoms with E-state index in [1.807, 2.05) is 6.20 Å². The molecular formula is C6H9N3S. The Morgan fingerprint density at radius 2 is 2.70 bits per heavy atom. The summed E-state index contributed by atoms with van der Waals surface area (Å²) in [5, 5.41) is 1.13. The van der Waals surface area contributed by atoms with Gasteiger partial charge in [-0.2, -0.15) is 0 Å². The lowest BCUT2D eigenvalue weighted by Crippen LogP contribution is -2.05. The average molecular weight is 155 g/mol. The highest BCUT2D eigenvalue weighted by Gasteiger charge is 2.14. The van der Waals surface area contributed by atoms with Crippen LogP contribution in [0.3, 0.4) is 0 Å². The molecule has 1 aliphatic rings. The first kappa shape index (κ1) is 6.24. The third kappa shape index (κ3) is 0.759. The number of nitrogens with two attached hydrogens (primary N) is 1. The van der Waals surface area contributed by atoms with Gasteiger partial charge in [0, 0.05) is 18.8 Å². The molecule has 0 aliphatic carbocycles. The maximum absolute atomic E-state index is 5.50.